The first-order chi connectivity index (χ1) is 10.4. The lowest BCUT2D eigenvalue weighted by Crippen LogP contribution is -2.36. The molecule has 0 unspecified atom stereocenters. The fourth-order valence-corrected chi connectivity index (χ4v) is 1.75. The monoisotopic (exact) mass is 302 g/mol. The van der Waals surface area contributed by atoms with Gasteiger partial charge in [-0.2, -0.15) is 0 Å². The lowest BCUT2D eigenvalue weighted by Gasteiger charge is -2.12. The maximum absolute atomic E-state index is 11.6. The number of carboxylic acids is 1. The van der Waals surface area contributed by atoms with Crippen molar-refractivity contribution < 1.29 is 24.6 Å². The van der Waals surface area contributed by atoms with Crippen LogP contribution in [0.1, 0.15) is 5.56 Å². The second-order valence-electron chi connectivity index (χ2n) is 4.25. The highest BCUT2D eigenvalue weighted by molar-refractivity contribution is 6.21. The number of aliphatic carboxylic acids is 1. The van der Waals surface area contributed by atoms with Gasteiger partial charge in [-0.1, -0.05) is 6.08 Å². The average molecular weight is 302 g/mol. The molecule has 0 radical (unpaired) electrons. The number of pyridine rings is 1. The van der Waals surface area contributed by atoms with Crippen LogP contribution in [-0.4, -0.2) is 33.0 Å². The van der Waals surface area contributed by atoms with Crippen molar-refractivity contribution in [3.8, 4) is 5.88 Å². The summed E-state index contributed by atoms with van der Waals surface area (Å²) in [5.41, 5.74) is -0.838. The van der Waals surface area contributed by atoms with E-state index >= 15 is 0 Å². The largest absolute Gasteiger partial charge is 0.494 e. The molecule has 1 aliphatic rings. The number of amides is 2. The Bertz CT molecular complexity index is 813. The maximum Gasteiger partial charge on any atom is 0.336 e. The number of carbonyl (C=O) groups excluding carboxylic acids is 2. The molecule has 22 heavy (non-hydrogen) atoms. The van der Waals surface area contributed by atoms with E-state index in [1.54, 1.807) is 0 Å². The Kier molecular flexibility index (Phi) is 4.03. The summed E-state index contributed by atoms with van der Waals surface area (Å²) in [5, 5.41) is 20.5. The molecule has 0 fully saturated rings. The van der Waals surface area contributed by atoms with Gasteiger partial charge in [0.15, 0.2) is 5.88 Å². The molecule has 2 heterocycles. The summed E-state index contributed by atoms with van der Waals surface area (Å²) >= 11 is 0. The van der Waals surface area contributed by atoms with Crippen LogP contribution in [0.5, 0.6) is 5.88 Å². The highest BCUT2D eigenvalue weighted by atomic mass is 16.4. The van der Waals surface area contributed by atoms with Gasteiger partial charge in [-0.05, 0) is 18.2 Å². The van der Waals surface area contributed by atoms with Crippen LogP contribution in [0.3, 0.4) is 0 Å². The number of aromatic amines is 1. The van der Waals surface area contributed by atoms with Crippen molar-refractivity contribution in [2.45, 2.75) is 0 Å². The Morgan fingerprint density at radius 1 is 1.18 bits per heavy atom. The second-order valence-corrected chi connectivity index (χ2v) is 4.25. The van der Waals surface area contributed by atoms with Crippen molar-refractivity contribution >= 4 is 23.9 Å². The van der Waals surface area contributed by atoms with Gasteiger partial charge < -0.3 is 10.2 Å². The van der Waals surface area contributed by atoms with E-state index in [4.69, 9.17) is 5.11 Å². The minimum atomic E-state index is -1.41. The van der Waals surface area contributed by atoms with Crippen molar-refractivity contribution in [3.63, 3.8) is 0 Å². The molecule has 0 bridgehead atoms. The molecule has 1 aromatic heterocycles. The minimum Gasteiger partial charge on any atom is -0.494 e. The zero-order valence-electron chi connectivity index (χ0n) is 11.0. The lowest BCUT2D eigenvalue weighted by atomic mass is 10.0. The van der Waals surface area contributed by atoms with Crippen LogP contribution in [0, 0.1) is 0 Å². The molecule has 1 aliphatic heterocycles. The van der Waals surface area contributed by atoms with Gasteiger partial charge in [-0.3, -0.25) is 24.7 Å². The molecule has 0 saturated carbocycles. The van der Waals surface area contributed by atoms with Gasteiger partial charge >= 0.3 is 5.97 Å². The molecule has 0 saturated heterocycles. The molecule has 112 valence electrons. The third kappa shape index (κ3) is 3.18. The molecule has 8 nitrogen and oxygen atoms in total. The number of aromatic nitrogens is 1. The third-order valence-corrected chi connectivity index (χ3v) is 2.75. The number of imide groups is 1. The number of carboxylic acid groups (broad SMARTS) is 1. The fraction of sp³-hybridized carbons (Fsp3) is 0. The summed E-state index contributed by atoms with van der Waals surface area (Å²) in [6.07, 6.45) is 4.67. The molecule has 0 aromatic carbocycles. The fourth-order valence-electron chi connectivity index (χ4n) is 1.75. The number of nitrogens with one attached hydrogen (secondary N) is 2. The van der Waals surface area contributed by atoms with Gasteiger partial charge in [0.2, 0.25) is 0 Å². The van der Waals surface area contributed by atoms with Crippen LogP contribution < -0.4 is 10.9 Å². The van der Waals surface area contributed by atoms with E-state index in [2.05, 4.69) is 4.98 Å². The standard InChI is InChI=1S/C14H10N2O6/c17-10-5-4-7(12(19)15-10)2-1-3-8-9(14(21)22)6-11(18)16-13(8)20/h1-6H,(H,21,22)(H2,15,17,19)(H,16,18,20). The van der Waals surface area contributed by atoms with Gasteiger partial charge in [0.05, 0.1) is 11.1 Å². The summed E-state index contributed by atoms with van der Waals surface area (Å²) in [4.78, 5) is 46.9. The molecule has 0 atom stereocenters. The van der Waals surface area contributed by atoms with Crippen molar-refractivity contribution in [2.24, 2.45) is 0 Å². The zero-order chi connectivity index (χ0) is 16.3. The normalized spacial score (nSPS) is 16.7. The Morgan fingerprint density at radius 3 is 2.55 bits per heavy atom. The van der Waals surface area contributed by atoms with E-state index in [-0.39, 0.29) is 17.0 Å². The van der Waals surface area contributed by atoms with Crippen molar-refractivity contribution in [1.29, 1.82) is 0 Å². The number of carbonyl (C=O) groups is 3. The summed E-state index contributed by atoms with van der Waals surface area (Å²) in [6, 6.07) is 2.54. The summed E-state index contributed by atoms with van der Waals surface area (Å²) in [6.45, 7) is 0. The molecule has 2 amide bonds. The lowest BCUT2D eigenvalue weighted by molar-refractivity contribution is -0.134. The number of H-pyrrole nitrogens is 1. The highest BCUT2D eigenvalue weighted by Gasteiger charge is 2.26. The zero-order valence-corrected chi connectivity index (χ0v) is 11.0. The Balaban J connectivity index is 2.35. The van der Waals surface area contributed by atoms with Crippen LogP contribution in [0.4, 0.5) is 0 Å². The SMILES string of the molecule is O=C1C=C(C(=O)O)C(=CC=Cc2ccc(=O)[nH]c2O)C(=O)N1. The van der Waals surface area contributed by atoms with E-state index in [0.717, 1.165) is 6.08 Å². The van der Waals surface area contributed by atoms with E-state index in [1.807, 2.05) is 5.32 Å². The van der Waals surface area contributed by atoms with Crippen LogP contribution in [-0.2, 0) is 14.4 Å². The maximum atomic E-state index is 11.6. The number of hydrogen-bond acceptors (Lipinski definition) is 5. The van der Waals surface area contributed by atoms with Crippen molar-refractivity contribution in [3.05, 3.63) is 57.4 Å². The summed E-state index contributed by atoms with van der Waals surface area (Å²) < 4.78 is 0. The minimum absolute atomic E-state index is 0.202. The Morgan fingerprint density at radius 2 is 1.91 bits per heavy atom. The number of hydrogen-bond donors (Lipinski definition) is 4. The molecule has 0 spiro atoms. The quantitative estimate of drug-likeness (QED) is 0.446. The van der Waals surface area contributed by atoms with Crippen molar-refractivity contribution in [2.75, 3.05) is 0 Å². The predicted molar refractivity (Wildman–Crippen MR) is 74.7 cm³/mol. The molecule has 2 rings (SSSR count). The van der Waals surface area contributed by atoms with Gasteiger partial charge in [0.25, 0.3) is 17.4 Å². The van der Waals surface area contributed by atoms with E-state index in [1.165, 1.54) is 30.4 Å². The van der Waals surface area contributed by atoms with E-state index in [9.17, 15) is 24.3 Å². The highest BCUT2D eigenvalue weighted by Crippen LogP contribution is 2.16. The number of aromatic hydroxyl groups is 1. The van der Waals surface area contributed by atoms with Gasteiger partial charge in [-0.25, -0.2) is 4.79 Å². The van der Waals surface area contributed by atoms with Gasteiger partial charge in [-0.15, -0.1) is 0 Å². The van der Waals surface area contributed by atoms with Gasteiger partial charge in [0, 0.05) is 17.7 Å². The van der Waals surface area contributed by atoms with E-state index < -0.39 is 28.9 Å². The number of rotatable bonds is 3. The molecule has 4 N–H and O–H groups in total. The Hall–Kier alpha value is -3.42. The topological polar surface area (TPSA) is 137 Å². The molecule has 0 aliphatic carbocycles. The number of allylic oxidation sites excluding steroid dienone is 2. The molecule has 8 heteroatoms. The second kappa shape index (κ2) is 5.92. The first-order valence-corrected chi connectivity index (χ1v) is 6.00. The van der Waals surface area contributed by atoms with Crippen LogP contribution in [0.2, 0.25) is 0 Å². The predicted octanol–water partition coefficient (Wildman–Crippen LogP) is -0.313. The first-order valence-electron chi connectivity index (χ1n) is 6.00. The van der Waals surface area contributed by atoms with Crippen LogP contribution in [0.25, 0.3) is 6.08 Å². The molecular formula is C14H10N2O6. The van der Waals surface area contributed by atoms with E-state index in [0.29, 0.717) is 0 Å². The molecule has 1 aromatic rings. The van der Waals surface area contributed by atoms with Crippen LogP contribution >= 0.6 is 0 Å². The molecular weight excluding hydrogens is 292 g/mol. The Labute approximate surface area is 123 Å². The van der Waals surface area contributed by atoms with Gasteiger partial charge in [0.1, 0.15) is 0 Å². The summed E-state index contributed by atoms with van der Waals surface area (Å²) in [7, 11) is 0. The van der Waals surface area contributed by atoms with Crippen LogP contribution in [0.15, 0.2) is 46.3 Å². The average Bonchev–Trinajstić information content (AvgIpc) is 2.42. The van der Waals surface area contributed by atoms with Crippen molar-refractivity contribution in [1.82, 2.24) is 10.3 Å². The summed E-state index contributed by atoms with van der Waals surface area (Å²) in [5.74, 6) is -3.41. The third-order valence-electron chi connectivity index (χ3n) is 2.75. The first kappa shape index (κ1) is 15.0. The smallest absolute Gasteiger partial charge is 0.336 e.